The Morgan fingerprint density at radius 1 is 1.06 bits per heavy atom. The highest BCUT2D eigenvalue weighted by atomic mass is 19.1. The minimum Gasteiger partial charge on any atom is -0.223 e. The van der Waals surface area contributed by atoms with Gasteiger partial charge in [0.05, 0.1) is 11.8 Å². The van der Waals surface area contributed by atoms with Gasteiger partial charge in [0.1, 0.15) is 11.5 Å². The molecule has 3 nitrogen and oxygen atoms in total. The fourth-order valence-electron chi connectivity index (χ4n) is 1.58. The number of rotatable bonds is 0. The topological polar surface area (TPSA) is 30.2 Å². The third-order valence-electron chi connectivity index (χ3n) is 2.46. The van der Waals surface area contributed by atoms with Gasteiger partial charge < -0.3 is 0 Å². The van der Waals surface area contributed by atoms with Gasteiger partial charge in [0.15, 0.2) is 5.65 Å². The van der Waals surface area contributed by atoms with Gasteiger partial charge in [-0.3, -0.25) is 0 Å². The van der Waals surface area contributed by atoms with Crippen LogP contribution in [0.4, 0.5) is 4.39 Å². The molecule has 1 aromatic carbocycles. The van der Waals surface area contributed by atoms with E-state index >= 15 is 0 Å². The molecule has 2 heterocycles. The third kappa shape index (κ3) is 1.94. The van der Waals surface area contributed by atoms with Crippen molar-refractivity contribution in [2.45, 2.75) is 0 Å². The van der Waals surface area contributed by atoms with Crippen molar-refractivity contribution < 1.29 is 4.39 Å². The van der Waals surface area contributed by atoms with Gasteiger partial charge in [-0.1, -0.05) is 18.1 Å². The molecule has 0 saturated carbocycles. The molecular weight excluding hydrogens is 229 g/mol. The van der Waals surface area contributed by atoms with Crippen LogP contribution in [0.3, 0.4) is 0 Å². The predicted molar refractivity (Wildman–Crippen MR) is 65.4 cm³/mol. The van der Waals surface area contributed by atoms with E-state index in [0.717, 1.165) is 5.65 Å². The van der Waals surface area contributed by atoms with Crippen molar-refractivity contribution in [3.05, 3.63) is 65.9 Å². The Balaban J connectivity index is 2.00. The van der Waals surface area contributed by atoms with Crippen LogP contribution in [-0.2, 0) is 0 Å². The number of nitrogens with zero attached hydrogens (tertiary/aromatic N) is 3. The summed E-state index contributed by atoms with van der Waals surface area (Å²) in [5.74, 6) is 5.29. The van der Waals surface area contributed by atoms with Gasteiger partial charge in [-0.25, -0.2) is 13.9 Å². The lowest BCUT2D eigenvalue weighted by Crippen LogP contribution is -1.91. The fourth-order valence-corrected chi connectivity index (χ4v) is 1.58. The van der Waals surface area contributed by atoms with Gasteiger partial charge in [0, 0.05) is 12.3 Å². The SMILES string of the molecule is Fc1ccccc1C#Cc1ccn2nccc2n1. The maximum atomic E-state index is 13.4. The zero-order valence-electron chi connectivity index (χ0n) is 9.34. The molecule has 0 saturated heterocycles. The fraction of sp³-hybridized carbons (Fsp3) is 0. The van der Waals surface area contributed by atoms with Crippen LogP contribution >= 0.6 is 0 Å². The molecule has 0 radical (unpaired) electrons. The van der Waals surface area contributed by atoms with Gasteiger partial charge in [0.25, 0.3) is 0 Å². The standard InChI is InChI=1S/C14H8FN3/c15-13-4-2-1-3-11(13)5-6-12-8-10-18-14(17-12)7-9-16-18/h1-4,7-10H. The summed E-state index contributed by atoms with van der Waals surface area (Å²) in [5, 5.41) is 4.04. The number of aromatic nitrogens is 3. The second-order valence-electron chi connectivity index (χ2n) is 3.68. The largest absolute Gasteiger partial charge is 0.223 e. The van der Waals surface area contributed by atoms with Crippen molar-refractivity contribution in [3.63, 3.8) is 0 Å². The van der Waals surface area contributed by atoms with E-state index in [0.29, 0.717) is 11.3 Å². The van der Waals surface area contributed by atoms with Gasteiger partial charge in [0.2, 0.25) is 0 Å². The average molecular weight is 237 g/mol. The highest BCUT2D eigenvalue weighted by Gasteiger charge is 1.97. The van der Waals surface area contributed by atoms with E-state index < -0.39 is 0 Å². The molecule has 0 aliphatic rings. The number of benzene rings is 1. The minimum atomic E-state index is -0.324. The van der Waals surface area contributed by atoms with Crippen molar-refractivity contribution in [3.8, 4) is 11.8 Å². The highest BCUT2D eigenvalue weighted by Crippen LogP contribution is 2.05. The Morgan fingerprint density at radius 2 is 1.94 bits per heavy atom. The van der Waals surface area contributed by atoms with Crippen molar-refractivity contribution in [2.75, 3.05) is 0 Å². The van der Waals surface area contributed by atoms with Crippen molar-refractivity contribution in [1.82, 2.24) is 14.6 Å². The summed E-state index contributed by atoms with van der Waals surface area (Å²) in [4.78, 5) is 4.28. The monoisotopic (exact) mass is 237 g/mol. The maximum absolute atomic E-state index is 13.4. The van der Waals surface area contributed by atoms with Gasteiger partial charge >= 0.3 is 0 Å². The van der Waals surface area contributed by atoms with Crippen molar-refractivity contribution in [1.29, 1.82) is 0 Å². The Labute approximate surface area is 103 Å². The number of fused-ring (bicyclic) bond motifs is 1. The molecule has 0 fully saturated rings. The first-order valence-electron chi connectivity index (χ1n) is 5.40. The zero-order chi connectivity index (χ0) is 12.4. The summed E-state index contributed by atoms with van der Waals surface area (Å²) >= 11 is 0. The quantitative estimate of drug-likeness (QED) is 0.561. The Morgan fingerprint density at radius 3 is 2.83 bits per heavy atom. The third-order valence-corrected chi connectivity index (χ3v) is 2.46. The Bertz CT molecular complexity index is 765. The van der Waals surface area contributed by atoms with Crippen LogP contribution in [-0.4, -0.2) is 14.6 Å². The average Bonchev–Trinajstić information content (AvgIpc) is 2.85. The molecular formula is C14H8FN3. The second kappa shape index (κ2) is 4.30. The van der Waals surface area contributed by atoms with E-state index in [1.165, 1.54) is 6.07 Å². The lowest BCUT2D eigenvalue weighted by atomic mass is 10.2. The second-order valence-corrected chi connectivity index (χ2v) is 3.68. The minimum absolute atomic E-state index is 0.324. The molecule has 86 valence electrons. The summed E-state index contributed by atoms with van der Waals surface area (Å²) < 4.78 is 15.0. The molecule has 18 heavy (non-hydrogen) atoms. The van der Waals surface area contributed by atoms with Gasteiger partial charge in [-0.05, 0) is 24.1 Å². The van der Waals surface area contributed by atoms with Crippen LogP contribution in [0.1, 0.15) is 11.3 Å². The number of hydrogen-bond donors (Lipinski definition) is 0. The van der Waals surface area contributed by atoms with Crippen LogP contribution in [0.5, 0.6) is 0 Å². The van der Waals surface area contributed by atoms with Crippen molar-refractivity contribution >= 4 is 5.65 Å². The zero-order valence-corrected chi connectivity index (χ0v) is 9.34. The molecule has 2 aromatic heterocycles. The molecule has 3 rings (SSSR count). The summed E-state index contributed by atoms with van der Waals surface area (Å²) in [6, 6.07) is 9.94. The van der Waals surface area contributed by atoms with Crippen LogP contribution in [0.15, 0.2) is 48.8 Å². The molecule has 0 unspecified atom stereocenters. The molecule has 4 heteroatoms. The van der Waals surface area contributed by atoms with Gasteiger partial charge in [-0.2, -0.15) is 5.10 Å². The molecule has 0 N–H and O–H groups in total. The van der Waals surface area contributed by atoms with Crippen molar-refractivity contribution in [2.24, 2.45) is 0 Å². The van der Waals surface area contributed by atoms with E-state index in [1.807, 2.05) is 0 Å². The van der Waals surface area contributed by atoms with Crippen LogP contribution in [0.2, 0.25) is 0 Å². The van der Waals surface area contributed by atoms with Crippen LogP contribution in [0.25, 0.3) is 5.65 Å². The summed E-state index contributed by atoms with van der Waals surface area (Å²) in [6.07, 6.45) is 3.43. The van der Waals surface area contributed by atoms with Crippen LogP contribution < -0.4 is 0 Å². The molecule has 0 bridgehead atoms. The Hall–Kier alpha value is -2.67. The predicted octanol–water partition coefficient (Wildman–Crippen LogP) is 2.27. The van der Waals surface area contributed by atoms with E-state index in [2.05, 4.69) is 21.9 Å². The molecule has 0 aliphatic heterocycles. The first-order valence-corrected chi connectivity index (χ1v) is 5.40. The normalized spacial score (nSPS) is 10.1. The Kier molecular flexibility index (Phi) is 2.50. The van der Waals surface area contributed by atoms with E-state index in [-0.39, 0.29) is 5.82 Å². The molecule has 0 spiro atoms. The van der Waals surface area contributed by atoms with Gasteiger partial charge in [-0.15, -0.1) is 0 Å². The van der Waals surface area contributed by atoms with E-state index in [1.54, 1.807) is 47.2 Å². The lowest BCUT2D eigenvalue weighted by Gasteiger charge is -1.93. The van der Waals surface area contributed by atoms with E-state index in [4.69, 9.17) is 0 Å². The molecule has 0 atom stereocenters. The smallest absolute Gasteiger partial charge is 0.156 e. The first kappa shape index (κ1) is 10.5. The highest BCUT2D eigenvalue weighted by molar-refractivity contribution is 5.44. The summed E-state index contributed by atoms with van der Waals surface area (Å²) in [6.45, 7) is 0. The summed E-state index contributed by atoms with van der Waals surface area (Å²) in [7, 11) is 0. The van der Waals surface area contributed by atoms with Crippen LogP contribution in [0, 0.1) is 17.7 Å². The summed E-state index contributed by atoms with van der Waals surface area (Å²) in [5.41, 5.74) is 1.68. The lowest BCUT2D eigenvalue weighted by molar-refractivity contribution is 0.624. The molecule has 0 aliphatic carbocycles. The maximum Gasteiger partial charge on any atom is 0.156 e. The molecule has 3 aromatic rings. The number of hydrogen-bond acceptors (Lipinski definition) is 2. The number of halogens is 1. The first-order chi connectivity index (χ1) is 8.83. The van der Waals surface area contributed by atoms with E-state index in [9.17, 15) is 4.39 Å². The molecule has 0 amide bonds.